The predicted molar refractivity (Wildman–Crippen MR) is 234 cm³/mol. The van der Waals surface area contributed by atoms with Gasteiger partial charge in [0.15, 0.2) is 0 Å². The number of rotatable bonds is 6. The molecule has 5 nitrogen and oxygen atoms in total. The van der Waals surface area contributed by atoms with E-state index in [4.69, 9.17) is 5.10 Å². The molecule has 8 aromatic carbocycles. The number of anilines is 1. The first-order valence-corrected chi connectivity index (χ1v) is 19.0. The Hall–Kier alpha value is -7.63. The molecular weight excluding hydrogens is 683 g/mol. The van der Waals surface area contributed by atoms with Gasteiger partial charge in [-0.1, -0.05) is 127 Å². The van der Waals surface area contributed by atoms with Crippen LogP contribution >= 0.6 is 0 Å². The van der Waals surface area contributed by atoms with E-state index in [1.807, 2.05) is 29.4 Å². The summed E-state index contributed by atoms with van der Waals surface area (Å²) in [6.45, 7) is 0. The molecule has 0 unspecified atom stereocenters. The van der Waals surface area contributed by atoms with E-state index in [2.05, 4.69) is 197 Å². The first kappa shape index (κ1) is 31.9. The molecule has 3 heterocycles. The quantitative estimate of drug-likeness (QED) is 0.186. The van der Waals surface area contributed by atoms with Crippen molar-refractivity contribution >= 4 is 60.7 Å². The van der Waals surface area contributed by atoms with Gasteiger partial charge in [-0.2, -0.15) is 10.2 Å². The van der Waals surface area contributed by atoms with Gasteiger partial charge in [-0.05, 0) is 95.6 Å². The molecule has 1 aliphatic heterocycles. The van der Waals surface area contributed by atoms with E-state index in [9.17, 15) is 0 Å². The zero-order valence-electron chi connectivity index (χ0n) is 30.4. The predicted octanol–water partition coefficient (Wildman–Crippen LogP) is 12.3. The van der Waals surface area contributed by atoms with Crippen LogP contribution in [-0.2, 0) is 0 Å². The van der Waals surface area contributed by atoms with Gasteiger partial charge in [0.2, 0.25) is 0 Å². The second-order valence-corrected chi connectivity index (χ2v) is 14.2. The van der Waals surface area contributed by atoms with Crippen molar-refractivity contribution in [2.24, 2.45) is 5.10 Å². The van der Waals surface area contributed by atoms with Crippen molar-refractivity contribution in [2.75, 3.05) is 5.12 Å². The molecule has 0 spiro atoms. The molecule has 56 heavy (non-hydrogen) atoms. The molecule has 1 N–H and O–H groups in total. The van der Waals surface area contributed by atoms with Gasteiger partial charge in [-0.25, -0.2) is 0 Å². The van der Waals surface area contributed by atoms with E-state index >= 15 is 0 Å². The molecule has 0 saturated carbocycles. The van der Waals surface area contributed by atoms with Crippen molar-refractivity contribution in [1.82, 2.24) is 14.6 Å². The van der Waals surface area contributed by atoms with Crippen LogP contribution in [0.2, 0.25) is 0 Å². The molecule has 0 radical (unpaired) electrons. The van der Waals surface area contributed by atoms with Crippen molar-refractivity contribution in [3.63, 3.8) is 0 Å². The Balaban J connectivity index is 0.983. The molecule has 10 aromatic rings. The summed E-state index contributed by atoms with van der Waals surface area (Å²) in [4.78, 5) is 0. The number of benzene rings is 8. The first-order chi connectivity index (χ1) is 27.8. The lowest BCUT2D eigenvalue weighted by Crippen LogP contribution is -2.36. The standard InChI is InChI=1S/C51H35N5/c1-4-14-35(15-5-1)46-34-47(36-16-6-2-7-17-36)53-56(52-46)41-28-26-40(27-29-41)55-49-23-13-11-21-43(49)45-33-38(25-31-51(45)55)37-24-30-50-44(32-37)42-20-10-12-22-48(42)54(50)39-18-8-3-9-19-39/h1-34,52H. The monoisotopic (exact) mass is 717 g/mol. The number of hydrazine groups is 1. The molecule has 0 saturated heterocycles. The summed E-state index contributed by atoms with van der Waals surface area (Å²) in [5, 5.41) is 11.9. The van der Waals surface area contributed by atoms with Gasteiger partial charge in [0, 0.05) is 38.5 Å². The number of para-hydroxylation sites is 3. The summed E-state index contributed by atoms with van der Waals surface area (Å²) in [5.41, 5.74) is 17.9. The minimum Gasteiger partial charge on any atom is -0.309 e. The minimum atomic E-state index is 0.895. The second kappa shape index (κ2) is 13.0. The minimum absolute atomic E-state index is 0.895. The van der Waals surface area contributed by atoms with Crippen LogP contribution in [0.4, 0.5) is 5.69 Å². The van der Waals surface area contributed by atoms with E-state index in [1.165, 1.54) is 60.4 Å². The normalized spacial score (nSPS) is 13.0. The van der Waals surface area contributed by atoms with Crippen LogP contribution in [0, 0.1) is 0 Å². The number of aromatic nitrogens is 2. The highest BCUT2D eigenvalue weighted by Crippen LogP contribution is 2.38. The van der Waals surface area contributed by atoms with Gasteiger partial charge < -0.3 is 9.13 Å². The van der Waals surface area contributed by atoms with Gasteiger partial charge in [0.1, 0.15) is 0 Å². The highest BCUT2D eigenvalue weighted by atomic mass is 15.7. The van der Waals surface area contributed by atoms with Gasteiger partial charge in [-0.15, -0.1) is 0 Å². The number of fused-ring (bicyclic) bond motifs is 6. The number of allylic oxidation sites excluding steroid dienone is 1. The molecule has 0 fully saturated rings. The largest absolute Gasteiger partial charge is 0.309 e. The first-order valence-electron chi connectivity index (χ1n) is 19.0. The van der Waals surface area contributed by atoms with Crippen LogP contribution in [0.5, 0.6) is 0 Å². The molecule has 0 bridgehead atoms. The Morgan fingerprint density at radius 3 is 1.36 bits per heavy atom. The summed E-state index contributed by atoms with van der Waals surface area (Å²) in [6, 6.07) is 71.2. The molecular formula is C51H35N5. The summed E-state index contributed by atoms with van der Waals surface area (Å²) in [5.74, 6) is 0. The number of hydrazone groups is 1. The highest BCUT2D eigenvalue weighted by Gasteiger charge is 2.19. The fourth-order valence-corrected chi connectivity index (χ4v) is 8.26. The van der Waals surface area contributed by atoms with Crippen LogP contribution in [0.25, 0.3) is 71.8 Å². The van der Waals surface area contributed by atoms with Crippen LogP contribution in [0.3, 0.4) is 0 Å². The molecule has 0 atom stereocenters. The average Bonchev–Trinajstić information content (AvgIpc) is 3.79. The van der Waals surface area contributed by atoms with Crippen molar-refractivity contribution < 1.29 is 0 Å². The zero-order chi connectivity index (χ0) is 37.0. The lowest BCUT2D eigenvalue weighted by molar-refractivity contribution is 0.787. The SMILES string of the molecule is C1=C(c2ccccc2)NN(c2ccc(-n3c4ccccc4c4cc(-c5ccc6c(c5)c5ccccc5n6-c5ccccc5)ccc43)cc2)N=C1c1ccccc1. The third-order valence-electron chi connectivity index (χ3n) is 10.9. The Morgan fingerprint density at radius 1 is 0.339 bits per heavy atom. The Bertz CT molecular complexity index is 3140. The Morgan fingerprint density at radius 2 is 0.786 bits per heavy atom. The summed E-state index contributed by atoms with van der Waals surface area (Å²) in [6.07, 6.45) is 2.11. The van der Waals surface area contributed by atoms with Gasteiger partial charge in [0.25, 0.3) is 0 Å². The Kier molecular flexibility index (Phi) is 7.42. The van der Waals surface area contributed by atoms with Crippen molar-refractivity contribution in [3.8, 4) is 22.5 Å². The van der Waals surface area contributed by atoms with E-state index in [1.54, 1.807) is 0 Å². The van der Waals surface area contributed by atoms with E-state index in [-0.39, 0.29) is 0 Å². The molecule has 1 aliphatic rings. The molecule has 264 valence electrons. The van der Waals surface area contributed by atoms with Gasteiger partial charge in [-0.3, -0.25) is 5.43 Å². The van der Waals surface area contributed by atoms with Crippen molar-refractivity contribution in [1.29, 1.82) is 0 Å². The van der Waals surface area contributed by atoms with Gasteiger partial charge >= 0.3 is 0 Å². The van der Waals surface area contributed by atoms with E-state index in [0.29, 0.717) is 0 Å². The van der Waals surface area contributed by atoms with Gasteiger partial charge in [0.05, 0.1) is 39.2 Å². The lowest BCUT2D eigenvalue weighted by atomic mass is 10.0. The molecule has 0 aliphatic carbocycles. The van der Waals surface area contributed by atoms with E-state index < -0.39 is 0 Å². The summed E-state index contributed by atoms with van der Waals surface area (Å²) in [7, 11) is 0. The summed E-state index contributed by atoms with van der Waals surface area (Å²) < 4.78 is 4.73. The van der Waals surface area contributed by atoms with Crippen molar-refractivity contribution in [2.45, 2.75) is 0 Å². The number of hydrogen-bond donors (Lipinski definition) is 1. The van der Waals surface area contributed by atoms with Crippen LogP contribution in [-0.4, -0.2) is 14.8 Å². The topological polar surface area (TPSA) is 37.5 Å². The molecule has 11 rings (SSSR count). The second-order valence-electron chi connectivity index (χ2n) is 14.2. The molecule has 0 amide bonds. The maximum absolute atomic E-state index is 5.04. The lowest BCUT2D eigenvalue weighted by Gasteiger charge is -2.28. The summed E-state index contributed by atoms with van der Waals surface area (Å²) >= 11 is 0. The third kappa shape index (κ3) is 5.29. The highest BCUT2D eigenvalue weighted by molar-refractivity contribution is 6.14. The van der Waals surface area contributed by atoms with Crippen LogP contribution in [0.1, 0.15) is 11.1 Å². The zero-order valence-corrected chi connectivity index (χ0v) is 30.4. The van der Waals surface area contributed by atoms with Crippen LogP contribution in [0.15, 0.2) is 211 Å². The third-order valence-corrected chi connectivity index (χ3v) is 10.9. The fourth-order valence-electron chi connectivity index (χ4n) is 8.26. The Labute approximate surface area is 324 Å². The number of hydrogen-bond acceptors (Lipinski definition) is 3. The number of nitrogens with zero attached hydrogens (tertiary/aromatic N) is 4. The fraction of sp³-hybridized carbons (Fsp3) is 0. The molecule has 5 heteroatoms. The van der Waals surface area contributed by atoms with Crippen LogP contribution < -0.4 is 10.5 Å². The van der Waals surface area contributed by atoms with E-state index in [0.717, 1.165) is 33.9 Å². The maximum atomic E-state index is 5.04. The average molecular weight is 718 g/mol. The number of nitrogens with one attached hydrogen (secondary N) is 1. The molecule has 2 aromatic heterocycles. The maximum Gasteiger partial charge on any atom is 0.0949 e. The smallest absolute Gasteiger partial charge is 0.0949 e. The van der Waals surface area contributed by atoms with Crippen molar-refractivity contribution in [3.05, 3.63) is 217 Å².